The van der Waals surface area contributed by atoms with Crippen LogP contribution in [0.25, 0.3) is 34.4 Å². The normalized spacial score (nSPS) is 21.4. The van der Waals surface area contributed by atoms with Crippen LogP contribution in [0.15, 0.2) is 83.9 Å². The molecule has 1 aliphatic heterocycles. The second-order valence-electron chi connectivity index (χ2n) is 22.7. The molecule has 0 N–H and O–H groups in total. The van der Waals surface area contributed by atoms with Crippen LogP contribution in [0.2, 0.25) is 87.9 Å². The molecular weight excluding hydrogens is 891 g/mol. The molecule has 2 unspecified atom stereocenters. The molecule has 288 valence electrons. The number of benzene rings is 4. The molecule has 3 aliphatic carbocycles. The van der Waals surface area contributed by atoms with Gasteiger partial charge in [-0.25, -0.2) is 0 Å². The average Bonchev–Trinajstić information content (AvgIpc) is 3.71. The third kappa shape index (κ3) is 6.66. The Labute approximate surface area is 343 Å². The fourth-order valence-electron chi connectivity index (χ4n) is 11.1. The molecule has 2 fully saturated rings. The van der Waals surface area contributed by atoms with Crippen molar-refractivity contribution in [1.82, 2.24) is 0 Å². The molecule has 0 radical (unpaired) electrons. The van der Waals surface area contributed by atoms with Gasteiger partial charge >= 0.3 is 346 Å². The molecule has 4 aromatic carbocycles. The third-order valence-electron chi connectivity index (χ3n) is 14.4. The molecule has 0 nitrogen and oxygen atoms in total. The topological polar surface area (TPSA) is 0 Å². The number of allylic oxidation sites excluding steroid dienone is 2. The quantitative estimate of drug-likeness (QED) is 0.169. The van der Waals surface area contributed by atoms with Crippen molar-refractivity contribution in [2.45, 2.75) is 127 Å². The third-order valence-corrected chi connectivity index (χ3v) is 37.6. The molecule has 0 amide bonds. The molecule has 5 heteroatoms. The first-order valence-electron chi connectivity index (χ1n) is 21.5. The van der Waals surface area contributed by atoms with Crippen LogP contribution in [0, 0.1) is 5.41 Å². The Morgan fingerprint density at radius 2 is 0.818 bits per heavy atom. The van der Waals surface area contributed by atoms with Gasteiger partial charge in [-0.1, -0.05) is 0 Å². The van der Waals surface area contributed by atoms with Crippen LogP contribution in [0.5, 0.6) is 0 Å². The van der Waals surface area contributed by atoms with Gasteiger partial charge in [0.1, 0.15) is 0 Å². The Morgan fingerprint density at radius 3 is 1.15 bits per heavy atom. The molecule has 1 saturated carbocycles. The van der Waals surface area contributed by atoms with Gasteiger partial charge in [0.15, 0.2) is 0 Å². The van der Waals surface area contributed by atoms with E-state index in [1.165, 1.54) is 54.4 Å². The molecular formula is C50H68HfSi4. The van der Waals surface area contributed by atoms with E-state index >= 15 is 0 Å². The molecule has 1 saturated heterocycles. The Bertz CT molecular complexity index is 2050. The van der Waals surface area contributed by atoms with Gasteiger partial charge in [-0.2, -0.15) is 0 Å². The summed E-state index contributed by atoms with van der Waals surface area (Å²) in [7, 11) is -6.04. The predicted octanol–water partition coefficient (Wildman–Crippen LogP) is 13.0. The van der Waals surface area contributed by atoms with Crippen molar-refractivity contribution in [3.63, 3.8) is 0 Å². The van der Waals surface area contributed by atoms with Gasteiger partial charge in [-0.15, -0.1) is 0 Å². The molecule has 2 atom stereocenters. The monoisotopic (exact) mass is 960 g/mol. The van der Waals surface area contributed by atoms with Gasteiger partial charge in [0.05, 0.1) is 0 Å². The first-order valence-corrected chi connectivity index (χ1v) is 46.9. The maximum atomic E-state index is 2.85. The van der Waals surface area contributed by atoms with E-state index in [0.717, 1.165) is 0 Å². The number of rotatable bonds is 6. The van der Waals surface area contributed by atoms with Crippen molar-refractivity contribution >= 4 is 65.2 Å². The van der Waals surface area contributed by atoms with Gasteiger partial charge in [0.25, 0.3) is 0 Å². The summed E-state index contributed by atoms with van der Waals surface area (Å²) in [4.78, 5) is 0. The minimum absolute atomic E-state index is 0.184. The van der Waals surface area contributed by atoms with Crippen LogP contribution < -0.4 is 20.7 Å². The van der Waals surface area contributed by atoms with Gasteiger partial charge < -0.3 is 0 Å². The summed E-state index contributed by atoms with van der Waals surface area (Å²) in [6.07, 6.45) is 12.4. The van der Waals surface area contributed by atoms with Gasteiger partial charge in [0.2, 0.25) is 0 Å². The average molecular weight is 960 g/mol. The van der Waals surface area contributed by atoms with Gasteiger partial charge in [-0.3, -0.25) is 0 Å². The van der Waals surface area contributed by atoms with Crippen LogP contribution >= 0.6 is 0 Å². The first kappa shape index (κ1) is 39.9. The van der Waals surface area contributed by atoms with Crippen molar-refractivity contribution in [3.8, 4) is 22.3 Å². The molecule has 1 spiro atoms. The first-order chi connectivity index (χ1) is 25.5. The number of hydrogen-bond acceptors (Lipinski definition) is 0. The zero-order chi connectivity index (χ0) is 39.7. The SMILES string of the molecule is C[Si](C)(C)c1cc(-c2cccc3c2C=C2[CH]3[Hf]([CH3])([CH3])[CH]3C(=Cc4c(-c5cc([Si](C)(C)C)cc([Si](C)(C)C)c5)cccc43)C23CCCCC3)cc([Si](C)(C)C)c1. The Balaban J connectivity index is 1.34. The zero-order valence-corrected chi connectivity index (χ0v) is 44.4. The Hall–Kier alpha value is -1.90. The fraction of sp³-hybridized carbons (Fsp3) is 0.440. The summed E-state index contributed by atoms with van der Waals surface area (Å²) in [5, 5.41) is 6.47. The second-order valence-corrected chi connectivity index (χ2v) is 60.3. The zero-order valence-electron chi connectivity index (χ0n) is 36.8. The maximum absolute atomic E-state index is 3.20. The van der Waals surface area contributed by atoms with Crippen LogP contribution in [0.4, 0.5) is 0 Å². The van der Waals surface area contributed by atoms with E-state index in [2.05, 4.69) is 173 Å². The molecule has 8 rings (SSSR count). The predicted molar refractivity (Wildman–Crippen MR) is 254 cm³/mol. The van der Waals surface area contributed by atoms with Crippen LogP contribution in [0.3, 0.4) is 0 Å². The summed E-state index contributed by atoms with van der Waals surface area (Å²) in [5.74, 6) is 0. The van der Waals surface area contributed by atoms with E-state index in [-0.39, 0.29) is 5.41 Å². The molecule has 0 bridgehead atoms. The fourth-order valence-corrected chi connectivity index (χ4v) is 33.2. The van der Waals surface area contributed by atoms with Gasteiger partial charge in [0, 0.05) is 0 Å². The van der Waals surface area contributed by atoms with E-state index in [1.807, 2.05) is 11.1 Å². The van der Waals surface area contributed by atoms with Crippen LogP contribution in [-0.2, 0) is 20.0 Å². The molecule has 4 aliphatic rings. The van der Waals surface area contributed by atoms with Crippen LogP contribution in [0.1, 0.15) is 61.7 Å². The van der Waals surface area contributed by atoms with E-state index in [1.54, 1.807) is 43.0 Å². The number of fused-ring (bicyclic) bond motifs is 8. The summed E-state index contributed by atoms with van der Waals surface area (Å²) in [5.41, 5.74) is 16.3. The molecule has 1 heterocycles. The van der Waals surface area contributed by atoms with Gasteiger partial charge in [-0.05, 0) is 0 Å². The standard InChI is InChI=1S/C48H62Si4.2CH3.Hf/c1-49(2,3)40-26-36(27-41(32-40)50(4,5)6)44-20-16-18-34-24-38(30-46(34)44)48(22-14-13-15-23-48)39-25-35-19-17-21-45(47(35)31-39)37-28-42(51(7,8)9)33-43(29-37)52(10,11)12;;;/h16-21,24-33H,13-15,22-23H2,1-12H3;2*1H3;. The summed E-state index contributed by atoms with van der Waals surface area (Å²) < 4.78 is 6.99. The Morgan fingerprint density at radius 1 is 0.473 bits per heavy atom. The van der Waals surface area contributed by atoms with E-state index in [0.29, 0.717) is 7.35 Å². The van der Waals surface area contributed by atoms with Crippen LogP contribution in [-0.4, -0.2) is 32.3 Å². The van der Waals surface area contributed by atoms with Crippen molar-refractivity contribution in [1.29, 1.82) is 0 Å². The number of hydrogen-bond donors (Lipinski definition) is 0. The van der Waals surface area contributed by atoms with Crippen molar-refractivity contribution in [2.24, 2.45) is 5.41 Å². The van der Waals surface area contributed by atoms with Crippen molar-refractivity contribution < 1.29 is 20.0 Å². The van der Waals surface area contributed by atoms with E-state index in [4.69, 9.17) is 0 Å². The Kier molecular flexibility index (Phi) is 9.66. The summed E-state index contributed by atoms with van der Waals surface area (Å²) in [6, 6.07) is 30.6. The van der Waals surface area contributed by atoms with E-state index < -0.39 is 52.3 Å². The molecule has 55 heavy (non-hydrogen) atoms. The molecule has 4 aromatic rings. The second kappa shape index (κ2) is 13.3. The minimum atomic E-state index is -3.20. The summed E-state index contributed by atoms with van der Waals surface area (Å²) in [6.45, 7) is 30.3. The summed E-state index contributed by atoms with van der Waals surface area (Å²) >= 11 is -3.20. The van der Waals surface area contributed by atoms with E-state index in [9.17, 15) is 0 Å². The van der Waals surface area contributed by atoms with Crippen molar-refractivity contribution in [2.75, 3.05) is 0 Å². The molecule has 0 aromatic heterocycles. The van der Waals surface area contributed by atoms with Crippen molar-refractivity contribution in [3.05, 3.63) is 106 Å².